The Labute approximate surface area is 147 Å². The first kappa shape index (κ1) is 18.1. The van der Waals surface area contributed by atoms with Gasteiger partial charge in [-0.25, -0.2) is 8.78 Å². The molecular formula is C18H26F2N4O. The summed E-state index contributed by atoms with van der Waals surface area (Å²) in [5.74, 6) is -0.191. The van der Waals surface area contributed by atoms with Crippen LogP contribution in [-0.2, 0) is 11.2 Å². The van der Waals surface area contributed by atoms with Crippen molar-refractivity contribution in [3.8, 4) is 0 Å². The quantitative estimate of drug-likeness (QED) is 0.658. The maximum atomic E-state index is 13.7. The van der Waals surface area contributed by atoms with Crippen molar-refractivity contribution >= 4 is 5.96 Å². The van der Waals surface area contributed by atoms with Crippen LogP contribution in [0, 0.1) is 11.6 Å². The van der Waals surface area contributed by atoms with Gasteiger partial charge in [-0.05, 0) is 25.0 Å². The van der Waals surface area contributed by atoms with E-state index in [1.165, 1.54) is 18.2 Å². The van der Waals surface area contributed by atoms with Gasteiger partial charge in [-0.15, -0.1) is 0 Å². The third-order valence-corrected chi connectivity index (χ3v) is 4.96. The largest absolute Gasteiger partial charge is 0.379 e. The Balaban J connectivity index is 1.50. The fourth-order valence-electron chi connectivity index (χ4n) is 3.58. The normalized spacial score (nSPS) is 22.4. The summed E-state index contributed by atoms with van der Waals surface area (Å²) in [7, 11) is 1.74. The molecule has 2 saturated heterocycles. The van der Waals surface area contributed by atoms with Gasteiger partial charge in [0.15, 0.2) is 5.96 Å². The number of guanidine groups is 1. The molecule has 1 aromatic rings. The molecule has 0 saturated carbocycles. The van der Waals surface area contributed by atoms with Crippen LogP contribution in [0.5, 0.6) is 0 Å². The lowest BCUT2D eigenvalue weighted by Gasteiger charge is -2.32. The topological polar surface area (TPSA) is 40.1 Å². The number of nitrogens with zero attached hydrogens (tertiary/aromatic N) is 3. The van der Waals surface area contributed by atoms with Gasteiger partial charge in [0.1, 0.15) is 11.6 Å². The van der Waals surface area contributed by atoms with Crippen molar-refractivity contribution in [1.82, 2.24) is 15.1 Å². The van der Waals surface area contributed by atoms with Gasteiger partial charge in [-0.1, -0.05) is 6.07 Å². The Hall–Kier alpha value is -1.73. The molecule has 2 aliphatic heterocycles. The Bertz CT molecular complexity index is 584. The van der Waals surface area contributed by atoms with Crippen LogP contribution in [0.15, 0.2) is 23.2 Å². The highest BCUT2D eigenvalue weighted by molar-refractivity contribution is 5.80. The van der Waals surface area contributed by atoms with Crippen molar-refractivity contribution in [1.29, 1.82) is 0 Å². The lowest BCUT2D eigenvalue weighted by atomic mass is 10.1. The minimum absolute atomic E-state index is 0.123. The molecule has 0 radical (unpaired) electrons. The summed E-state index contributed by atoms with van der Waals surface area (Å²) in [6.07, 6.45) is 1.39. The summed E-state index contributed by atoms with van der Waals surface area (Å²) < 4.78 is 32.8. The summed E-state index contributed by atoms with van der Waals surface area (Å²) in [6.45, 7) is 5.89. The Morgan fingerprint density at radius 2 is 1.96 bits per heavy atom. The zero-order valence-corrected chi connectivity index (χ0v) is 14.7. The van der Waals surface area contributed by atoms with E-state index < -0.39 is 11.6 Å². The van der Waals surface area contributed by atoms with Gasteiger partial charge in [0, 0.05) is 51.4 Å². The average Bonchev–Trinajstić information content (AvgIpc) is 3.11. The molecule has 0 amide bonds. The van der Waals surface area contributed by atoms with Gasteiger partial charge in [-0.3, -0.25) is 9.89 Å². The van der Waals surface area contributed by atoms with Crippen LogP contribution in [0.3, 0.4) is 0 Å². The number of benzene rings is 1. The van der Waals surface area contributed by atoms with Crippen LogP contribution in [0.2, 0.25) is 0 Å². The average molecular weight is 352 g/mol. The first-order valence-electron chi connectivity index (χ1n) is 8.89. The molecule has 1 N–H and O–H groups in total. The number of morpholine rings is 1. The molecule has 0 aliphatic carbocycles. The van der Waals surface area contributed by atoms with Crippen molar-refractivity contribution in [2.75, 3.05) is 53.0 Å². The van der Waals surface area contributed by atoms with Gasteiger partial charge in [0.05, 0.1) is 13.2 Å². The first-order chi connectivity index (χ1) is 12.2. The molecule has 3 rings (SSSR count). The van der Waals surface area contributed by atoms with Crippen LogP contribution in [-0.4, -0.2) is 74.8 Å². The molecule has 2 fully saturated rings. The number of likely N-dealkylation sites (tertiary alicyclic amines) is 1. The predicted octanol–water partition coefficient (Wildman–Crippen LogP) is 1.49. The van der Waals surface area contributed by atoms with E-state index in [2.05, 4.69) is 20.1 Å². The van der Waals surface area contributed by atoms with Crippen molar-refractivity contribution in [2.45, 2.75) is 18.9 Å². The monoisotopic (exact) mass is 352 g/mol. The summed E-state index contributed by atoms with van der Waals surface area (Å²) in [6, 6.07) is 4.49. The number of hydrogen-bond acceptors (Lipinski definition) is 3. The zero-order chi connectivity index (χ0) is 17.6. The number of rotatable bonds is 4. The van der Waals surface area contributed by atoms with E-state index in [9.17, 15) is 8.78 Å². The zero-order valence-electron chi connectivity index (χ0n) is 14.7. The summed E-state index contributed by atoms with van der Waals surface area (Å²) in [5, 5.41) is 3.24. The molecular weight excluding hydrogens is 326 g/mol. The minimum atomic E-state index is -0.495. The molecule has 0 bridgehead atoms. The standard InChI is InChI=1S/C18H26F2N4O/c1-21-18(22-7-5-15-16(19)3-2-4-17(15)20)24-8-6-14(13-24)23-9-11-25-12-10-23/h2-4,14H,5-13H2,1H3,(H,21,22). The lowest BCUT2D eigenvalue weighted by molar-refractivity contribution is 0.0195. The molecule has 138 valence electrons. The Kier molecular flexibility index (Phi) is 6.20. The fourth-order valence-corrected chi connectivity index (χ4v) is 3.58. The second-order valence-corrected chi connectivity index (χ2v) is 6.46. The predicted molar refractivity (Wildman–Crippen MR) is 93.8 cm³/mol. The van der Waals surface area contributed by atoms with Crippen molar-refractivity contribution < 1.29 is 13.5 Å². The smallest absolute Gasteiger partial charge is 0.193 e. The summed E-state index contributed by atoms with van der Waals surface area (Å²) in [5.41, 5.74) is 0.123. The molecule has 2 heterocycles. The second-order valence-electron chi connectivity index (χ2n) is 6.46. The number of halogens is 2. The van der Waals surface area contributed by atoms with Crippen LogP contribution in [0.4, 0.5) is 8.78 Å². The van der Waals surface area contributed by atoms with E-state index >= 15 is 0 Å². The summed E-state index contributed by atoms with van der Waals surface area (Å²) in [4.78, 5) is 9.02. The molecule has 2 aliphatic rings. The highest BCUT2D eigenvalue weighted by Gasteiger charge is 2.30. The number of hydrogen-bond donors (Lipinski definition) is 1. The highest BCUT2D eigenvalue weighted by atomic mass is 19.1. The van der Waals surface area contributed by atoms with Gasteiger partial charge in [0.2, 0.25) is 0 Å². The van der Waals surface area contributed by atoms with Gasteiger partial charge in [0.25, 0.3) is 0 Å². The molecule has 25 heavy (non-hydrogen) atoms. The maximum absolute atomic E-state index is 13.7. The third-order valence-electron chi connectivity index (χ3n) is 4.96. The van der Waals surface area contributed by atoms with Crippen LogP contribution >= 0.6 is 0 Å². The van der Waals surface area contributed by atoms with Crippen LogP contribution < -0.4 is 5.32 Å². The number of nitrogens with one attached hydrogen (secondary N) is 1. The van der Waals surface area contributed by atoms with Crippen LogP contribution in [0.25, 0.3) is 0 Å². The number of ether oxygens (including phenoxy) is 1. The Morgan fingerprint density at radius 1 is 1.24 bits per heavy atom. The van der Waals surface area contributed by atoms with Crippen LogP contribution in [0.1, 0.15) is 12.0 Å². The van der Waals surface area contributed by atoms with E-state index in [1.54, 1.807) is 7.05 Å². The molecule has 0 spiro atoms. The fraction of sp³-hybridized carbons (Fsp3) is 0.611. The molecule has 1 atom stereocenters. The molecule has 5 nitrogen and oxygen atoms in total. The third kappa shape index (κ3) is 4.46. The maximum Gasteiger partial charge on any atom is 0.193 e. The lowest BCUT2D eigenvalue weighted by Crippen LogP contribution is -2.47. The van der Waals surface area contributed by atoms with Crippen molar-refractivity contribution in [3.05, 3.63) is 35.4 Å². The molecule has 0 aromatic heterocycles. The van der Waals surface area contributed by atoms with E-state index in [0.29, 0.717) is 12.6 Å². The first-order valence-corrected chi connectivity index (χ1v) is 8.89. The minimum Gasteiger partial charge on any atom is -0.379 e. The van der Waals surface area contributed by atoms with E-state index in [-0.39, 0.29) is 12.0 Å². The number of aliphatic imine (C=N–C) groups is 1. The Morgan fingerprint density at radius 3 is 2.64 bits per heavy atom. The van der Waals surface area contributed by atoms with Gasteiger partial charge >= 0.3 is 0 Å². The summed E-state index contributed by atoms with van der Waals surface area (Å²) >= 11 is 0. The highest BCUT2D eigenvalue weighted by Crippen LogP contribution is 2.17. The van der Waals surface area contributed by atoms with E-state index in [4.69, 9.17) is 4.74 Å². The van der Waals surface area contributed by atoms with E-state index in [1.807, 2.05) is 0 Å². The molecule has 7 heteroatoms. The van der Waals surface area contributed by atoms with Gasteiger partial charge < -0.3 is 15.0 Å². The molecule has 1 unspecified atom stereocenters. The van der Waals surface area contributed by atoms with Crippen molar-refractivity contribution in [3.63, 3.8) is 0 Å². The second kappa shape index (κ2) is 8.58. The molecule has 1 aromatic carbocycles. The van der Waals surface area contributed by atoms with Gasteiger partial charge in [-0.2, -0.15) is 0 Å². The SMILES string of the molecule is CN=C(NCCc1c(F)cccc1F)N1CCC(N2CCOCC2)C1. The van der Waals surface area contributed by atoms with E-state index in [0.717, 1.165) is 51.8 Å². The van der Waals surface area contributed by atoms with Crippen molar-refractivity contribution in [2.24, 2.45) is 4.99 Å².